The van der Waals surface area contributed by atoms with Crippen LogP contribution >= 0.6 is 0 Å². The third-order valence-corrected chi connectivity index (χ3v) is 4.62. The average Bonchev–Trinajstić information content (AvgIpc) is 2.94. The van der Waals surface area contributed by atoms with Crippen molar-refractivity contribution in [3.8, 4) is 11.4 Å². The van der Waals surface area contributed by atoms with Crippen molar-refractivity contribution in [3.05, 3.63) is 68.6 Å². The van der Waals surface area contributed by atoms with E-state index in [-0.39, 0.29) is 62.2 Å². The largest absolute Gasteiger partial charge is 3.00 e. The van der Waals surface area contributed by atoms with Crippen LogP contribution in [0, 0.1) is 17.0 Å². The predicted molar refractivity (Wildman–Crippen MR) is 106 cm³/mol. The van der Waals surface area contributed by atoms with Crippen LogP contribution in [0.1, 0.15) is 5.69 Å². The fourth-order valence-corrected chi connectivity index (χ4v) is 2.81. The van der Waals surface area contributed by atoms with E-state index < -0.39 is 31.2 Å². The topological polar surface area (TPSA) is 279 Å². The molecule has 0 aliphatic rings. The van der Waals surface area contributed by atoms with E-state index in [0.29, 0.717) is 0 Å². The molecule has 0 saturated heterocycles. The summed E-state index contributed by atoms with van der Waals surface area (Å²) in [6.45, 7) is 1.45. The zero-order valence-electron chi connectivity index (χ0n) is 16.5. The molecule has 2 aromatic carbocycles. The van der Waals surface area contributed by atoms with Crippen LogP contribution in [-0.2, 0) is 27.5 Å². The van der Waals surface area contributed by atoms with Gasteiger partial charge in [-0.2, -0.15) is 5.11 Å². The first kappa shape index (κ1) is 31.8. The van der Waals surface area contributed by atoms with Crippen molar-refractivity contribution in [3.63, 3.8) is 0 Å². The van der Waals surface area contributed by atoms with Gasteiger partial charge in [0.2, 0.25) is 0 Å². The summed E-state index contributed by atoms with van der Waals surface area (Å²) in [5.74, 6) is -0.619. The van der Waals surface area contributed by atoms with Gasteiger partial charge in [-0.15, -0.1) is 10.8 Å². The van der Waals surface area contributed by atoms with E-state index in [9.17, 15) is 33.0 Å². The number of aryl methyl sites for hydroxylation is 1. The number of azo groups is 1. The van der Waals surface area contributed by atoms with E-state index in [1.165, 1.54) is 19.1 Å². The first-order chi connectivity index (χ1) is 13.6. The van der Waals surface area contributed by atoms with Crippen LogP contribution in [0.5, 0.6) is 5.75 Å². The summed E-state index contributed by atoms with van der Waals surface area (Å²) in [5, 5.41) is 33.9. The van der Waals surface area contributed by atoms with Crippen LogP contribution in [0.4, 0.5) is 17.1 Å². The third-order valence-electron chi connectivity index (χ3n) is 3.77. The van der Waals surface area contributed by atoms with Gasteiger partial charge in [0.15, 0.2) is 0 Å². The molecule has 0 fully saturated rings. The van der Waals surface area contributed by atoms with Crippen LogP contribution in [0.25, 0.3) is 5.69 Å². The maximum absolute atomic E-state index is 12.5. The van der Waals surface area contributed by atoms with Crippen LogP contribution in [-0.4, -0.2) is 39.0 Å². The van der Waals surface area contributed by atoms with Crippen LogP contribution in [0.2, 0.25) is 0 Å². The Morgan fingerprint density at radius 1 is 1.03 bits per heavy atom. The summed E-state index contributed by atoms with van der Waals surface area (Å²) in [6.07, 6.45) is 0. The summed E-state index contributed by atoms with van der Waals surface area (Å²) in [5.41, 5.74) is -1.29. The van der Waals surface area contributed by atoms with Gasteiger partial charge in [-0.25, -0.2) is 8.42 Å². The van der Waals surface area contributed by atoms with E-state index in [0.717, 1.165) is 35.0 Å². The molecule has 0 atom stereocenters. The fourth-order valence-electron chi connectivity index (χ4n) is 2.34. The van der Waals surface area contributed by atoms with Gasteiger partial charge in [-0.05, 0) is 24.3 Å². The van der Waals surface area contributed by atoms with E-state index in [1.54, 1.807) is 0 Å². The molecule has 177 valence electrons. The number of nitro benzene ring substituents is 1. The number of aromatic nitrogens is 2. The van der Waals surface area contributed by atoms with E-state index >= 15 is 0 Å². The minimum atomic E-state index is -4.64. The molecule has 0 bridgehead atoms. The second-order valence-corrected chi connectivity index (χ2v) is 7.09. The molecule has 1 aromatic heterocycles. The van der Waals surface area contributed by atoms with Gasteiger partial charge < -0.3 is 35.9 Å². The quantitative estimate of drug-likeness (QED) is 0.171. The first-order valence-corrected chi connectivity index (χ1v) is 9.19. The molecule has 0 aliphatic carbocycles. The Hall–Kier alpha value is -3.43. The molecule has 0 spiro atoms. The summed E-state index contributed by atoms with van der Waals surface area (Å²) in [4.78, 5) is 22.2. The summed E-state index contributed by atoms with van der Waals surface area (Å²) in [7, 11) is -4.64. The molecule has 1 radical (unpaired) electrons. The van der Waals surface area contributed by atoms with Crippen molar-refractivity contribution in [2.45, 2.75) is 11.8 Å². The third kappa shape index (κ3) is 6.77. The molecular weight excluding hydrogens is 506 g/mol. The maximum Gasteiger partial charge on any atom is 3.00 e. The molecule has 0 amide bonds. The minimum absolute atomic E-state index is 0. The number of nitrogens with zero attached hydrogens (tertiary/aromatic N) is 5. The fraction of sp³-hybridized carbons (Fsp3) is 0.0625. The van der Waals surface area contributed by atoms with Gasteiger partial charge in [-0.3, -0.25) is 14.9 Å². The van der Waals surface area contributed by atoms with Gasteiger partial charge >= 0.3 is 17.4 Å². The average molecular weight is 522 g/mol. The molecule has 15 nitrogen and oxygen atoms in total. The molecule has 17 heteroatoms. The molecule has 3 aromatic rings. The van der Waals surface area contributed by atoms with Gasteiger partial charge in [0.05, 0.1) is 15.5 Å². The zero-order chi connectivity index (χ0) is 21.3. The number of hydrogen-bond donors (Lipinski definition) is 0. The van der Waals surface area contributed by atoms with Crippen LogP contribution < -0.4 is 15.8 Å². The van der Waals surface area contributed by atoms with Crippen molar-refractivity contribution >= 4 is 27.2 Å². The van der Waals surface area contributed by atoms with E-state index in [4.69, 9.17) is 0 Å². The van der Waals surface area contributed by atoms with Gasteiger partial charge in [0, 0.05) is 17.8 Å². The van der Waals surface area contributed by atoms with Crippen molar-refractivity contribution in [2.75, 3.05) is 0 Å². The minimum Gasteiger partial charge on any atom is -0.871 e. The molecule has 0 saturated carbocycles. The smallest absolute Gasteiger partial charge is 0.871 e. The Balaban J connectivity index is 0. The second kappa shape index (κ2) is 12.0. The second-order valence-electron chi connectivity index (χ2n) is 5.71. The van der Waals surface area contributed by atoms with Crippen molar-refractivity contribution in [1.82, 2.24) is 9.78 Å². The first-order valence-electron chi connectivity index (χ1n) is 7.78. The van der Waals surface area contributed by atoms with Crippen molar-refractivity contribution < 1.29 is 56.8 Å². The standard InChI is InChI=1S/C16H13N5O7S.Cr.3H2O/c1-9-15(18-17-13-8-11(21(24)25)4-7-14(13)22)16(23)20(19-9)10-2-5-12(6-3-10)29(26,27)28;;;;/h2-8H,1H3,(H3,17,18,19,22,23,26,27,28);;3*1H2/q;+3;;;/p-3. The van der Waals surface area contributed by atoms with Crippen LogP contribution in [0.15, 0.2) is 62.4 Å². The van der Waals surface area contributed by atoms with Crippen molar-refractivity contribution in [2.24, 2.45) is 10.2 Å². The maximum atomic E-state index is 12.5. The zero-order valence-corrected chi connectivity index (χ0v) is 18.5. The normalized spacial score (nSPS) is 10.4. The van der Waals surface area contributed by atoms with Crippen molar-refractivity contribution in [1.29, 1.82) is 0 Å². The predicted octanol–water partition coefficient (Wildman–Crippen LogP) is -1.07. The Morgan fingerprint density at radius 3 is 2.12 bits per heavy atom. The Kier molecular flexibility index (Phi) is 11.5. The van der Waals surface area contributed by atoms with Crippen LogP contribution in [0.3, 0.4) is 0 Å². The Labute approximate surface area is 196 Å². The van der Waals surface area contributed by atoms with E-state index in [1.807, 2.05) is 0 Å². The number of non-ortho nitro benzene ring substituents is 1. The van der Waals surface area contributed by atoms with E-state index in [2.05, 4.69) is 15.3 Å². The summed E-state index contributed by atoms with van der Waals surface area (Å²) >= 11 is 0. The summed E-state index contributed by atoms with van der Waals surface area (Å²) < 4.78 is 33.9. The molecular formula is C16H16CrN5O10S. The molecule has 0 aliphatic heterocycles. The summed E-state index contributed by atoms with van der Waals surface area (Å²) in [6, 6.07) is 7.41. The number of nitro groups is 1. The van der Waals surface area contributed by atoms with Gasteiger partial charge in [0.1, 0.15) is 15.8 Å². The molecule has 33 heavy (non-hydrogen) atoms. The molecule has 0 unspecified atom stereocenters. The number of rotatable bonds is 5. The molecule has 3 rings (SSSR count). The number of hydrogen-bond acceptors (Lipinski definition) is 9. The molecule has 1 heterocycles. The Morgan fingerprint density at radius 2 is 1.61 bits per heavy atom. The monoisotopic (exact) mass is 522 g/mol. The SMILES string of the molecule is Cc1[n-]n(-c2ccc(S(=O)(=O)[O-])cc2)c(=O)c1N=Nc1cc([N+](=O)[O-])ccc1[O-].O.O.O.[Cr+3]. The molecule has 6 N–H and O–H groups in total. The van der Waals surface area contributed by atoms with Gasteiger partial charge in [-0.1, -0.05) is 18.7 Å². The Bertz CT molecular complexity index is 1300. The van der Waals surface area contributed by atoms with Gasteiger partial charge in [0.25, 0.3) is 11.2 Å². The number of benzene rings is 2.